The third kappa shape index (κ3) is 2.97. The number of anilines is 1. The molecule has 5 rings (SSSR count). The van der Waals surface area contributed by atoms with E-state index in [1.807, 2.05) is 69.2 Å². The molecule has 0 N–H and O–H groups in total. The van der Waals surface area contributed by atoms with E-state index in [4.69, 9.17) is 4.74 Å². The summed E-state index contributed by atoms with van der Waals surface area (Å²) >= 11 is 0. The lowest BCUT2D eigenvalue weighted by atomic mass is 9.98. The summed E-state index contributed by atoms with van der Waals surface area (Å²) in [6.07, 6.45) is 0.954. The number of rotatable bonds is 5. The van der Waals surface area contributed by atoms with Gasteiger partial charge in [0.15, 0.2) is 5.69 Å². The molecule has 0 fully saturated rings. The lowest BCUT2D eigenvalue weighted by molar-refractivity contribution is 0.0988. The number of ether oxygens (including phenoxy) is 1. The van der Waals surface area contributed by atoms with Crippen molar-refractivity contribution in [3.63, 3.8) is 0 Å². The fourth-order valence-electron chi connectivity index (χ4n) is 4.44. The SMILES string of the molecule is CCCOc1ccc(C2c3c(nn(C)c3C)C(=O)N2c2cc(C)c3nnn(C)c3c2)cc1. The zero-order valence-electron chi connectivity index (χ0n) is 19.0. The van der Waals surface area contributed by atoms with E-state index in [2.05, 4.69) is 22.3 Å². The summed E-state index contributed by atoms with van der Waals surface area (Å²) in [4.78, 5) is 15.5. The van der Waals surface area contributed by atoms with E-state index in [9.17, 15) is 4.79 Å². The average molecular weight is 431 g/mol. The molecule has 2 aromatic heterocycles. The van der Waals surface area contributed by atoms with Gasteiger partial charge in [-0.2, -0.15) is 5.10 Å². The van der Waals surface area contributed by atoms with Gasteiger partial charge in [-0.1, -0.05) is 24.3 Å². The fourth-order valence-corrected chi connectivity index (χ4v) is 4.44. The van der Waals surface area contributed by atoms with Gasteiger partial charge in [-0.25, -0.2) is 4.68 Å². The first kappa shape index (κ1) is 20.2. The first-order valence-electron chi connectivity index (χ1n) is 10.8. The Bertz CT molecular complexity index is 1340. The van der Waals surface area contributed by atoms with Crippen LogP contribution in [-0.4, -0.2) is 37.3 Å². The summed E-state index contributed by atoms with van der Waals surface area (Å²) in [6.45, 7) is 6.76. The maximum Gasteiger partial charge on any atom is 0.280 e. The van der Waals surface area contributed by atoms with Crippen molar-refractivity contribution in [1.29, 1.82) is 0 Å². The number of benzene rings is 2. The van der Waals surface area contributed by atoms with Crippen LogP contribution in [0.3, 0.4) is 0 Å². The highest BCUT2D eigenvalue weighted by molar-refractivity contribution is 6.11. The van der Waals surface area contributed by atoms with Crippen LogP contribution in [0.2, 0.25) is 0 Å². The molecule has 164 valence electrons. The Balaban J connectivity index is 1.66. The van der Waals surface area contributed by atoms with Crippen LogP contribution in [-0.2, 0) is 14.1 Å². The minimum Gasteiger partial charge on any atom is -0.494 e. The molecule has 1 aliphatic heterocycles. The molecule has 1 aliphatic rings. The highest BCUT2D eigenvalue weighted by Crippen LogP contribution is 2.43. The number of fused-ring (bicyclic) bond motifs is 2. The fraction of sp³-hybridized carbons (Fsp3) is 0.333. The molecule has 2 aromatic carbocycles. The molecule has 0 aliphatic carbocycles. The summed E-state index contributed by atoms with van der Waals surface area (Å²) in [6, 6.07) is 11.7. The molecule has 4 aromatic rings. The highest BCUT2D eigenvalue weighted by Gasteiger charge is 2.43. The first-order valence-corrected chi connectivity index (χ1v) is 10.8. The smallest absolute Gasteiger partial charge is 0.280 e. The third-order valence-electron chi connectivity index (χ3n) is 6.17. The number of carbonyl (C=O) groups excluding carboxylic acids is 1. The van der Waals surface area contributed by atoms with Crippen LogP contribution in [0.25, 0.3) is 11.0 Å². The van der Waals surface area contributed by atoms with Crippen molar-refractivity contribution >= 4 is 22.6 Å². The molecule has 0 radical (unpaired) electrons. The number of carbonyl (C=O) groups is 1. The molecule has 3 heterocycles. The van der Waals surface area contributed by atoms with Crippen LogP contribution in [0.4, 0.5) is 5.69 Å². The van der Waals surface area contributed by atoms with Crippen LogP contribution >= 0.6 is 0 Å². The molecule has 0 spiro atoms. The van der Waals surface area contributed by atoms with Gasteiger partial charge in [0.2, 0.25) is 0 Å². The summed E-state index contributed by atoms with van der Waals surface area (Å²) in [5.74, 6) is 0.724. The molecule has 0 bridgehead atoms. The predicted molar refractivity (Wildman–Crippen MR) is 122 cm³/mol. The normalized spacial score (nSPS) is 15.6. The maximum atomic E-state index is 13.6. The van der Waals surface area contributed by atoms with Gasteiger partial charge in [-0.15, -0.1) is 5.10 Å². The van der Waals surface area contributed by atoms with Gasteiger partial charge in [0.05, 0.1) is 18.2 Å². The first-order chi connectivity index (χ1) is 15.4. The molecule has 1 atom stereocenters. The Labute approximate surface area is 186 Å². The quantitative estimate of drug-likeness (QED) is 0.480. The molecule has 0 saturated heterocycles. The largest absolute Gasteiger partial charge is 0.494 e. The van der Waals surface area contributed by atoms with E-state index in [-0.39, 0.29) is 11.9 Å². The highest BCUT2D eigenvalue weighted by atomic mass is 16.5. The molecule has 8 nitrogen and oxygen atoms in total. The number of hydrogen-bond acceptors (Lipinski definition) is 5. The van der Waals surface area contributed by atoms with Gasteiger partial charge in [0, 0.05) is 31.0 Å². The van der Waals surface area contributed by atoms with Gasteiger partial charge in [-0.3, -0.25) is 14.4 Å². The number of nitrogens with zero attached hydrogens (tertiary/aromatic N) is 6. The Morgan fingerprint density at radius 1 is 1.06 bits per heavy atom. The van der Waals surface area contributed by atoms with Crippen LogP contribution in [0, 0.1) is 13.8 Å². The van der Waals surface area contributed by atoms with E-state index in [1.165, 1.54) is 0 Å². The van der Waals surface area contributed by atoms with Crippen molar-refractivity contribution < 1.29 is 9.53 Å². The van der Waals surface area contributed by atoms with Gasteiger partial charge < -0.3 is 4.74 Å². The topological polar surface area (TPSA) is 78.1 Å². The van der Waals surface area contributed by atoms with Gasteiger partial charge in [-0.05, 0) is 55.7 Å². The van der Waals surface area contributed by atoms with Crippen LogP contribution in [0.1, 0.15) is 52.3 Å². The van der Waals surface area contributed by atoms with E-state index in [0.29, 0.717) is 12.3 Å². The Kier molecular flexibility index (Phi) is 4.73. The van der Waals surface area contributed by atoms with Crippen molar-refractivity contribution in [2.45, 2.75) is 33.2 Å². The molecule has 1 unspecified atom stereocenters. The molecule has 0 saturated carbocycles. The predicted octanol–water partition coefficient (Wildman–Crippen LogP) is 3.86. The van der Waals surface area contributed by atoms with Gasteiger partial charge in [0.25, 0.3) is 5.91 Å². The summed E-state index contributed by atoms with van der Waals surface area (Å²) in [5.41, 5.74) is 6.94. The van der Waals surface area contributed by atoms with Crippen LogP contribution in [0.5, 0.6) is 5.75 Å². The van der Waals surface area contributed by atoms with Crippen molar-refractivity contribution in [2.75, 3.05) is 11.5 Å². The zero-order chi connectivity index (χ0) is 22.6. The zero-order valence-corrected chi connectivity index (χ0v) is 19.0. The van der Waals surface area contributed by atoms with Crippen molar-refractivity contribution in [3.8, 4) is 5.75 Å². The Hall–Kier alpha value is -3.68. The second-order valence-corrected chi connectivity index (χ2v) is 8.31. The standard InChI is InChI=1S/C24H26N6O2/c1-6-11-32-18-9-7-16(8-10-18)23-20-15(3)28(4)26-22(20)24(31)30(23)17-12-14(2)21-19(13-17)29(5)27-25-21/h7-10,12-13,23H,6,11H2,1-5H3. The second-order valence-electron chi connectivity index (χ2n) is 8.31. The van der Waals surface area contributed by atoms with Gasteiger partial charge >= 0.3 is 0 Å². The number of aromatic nitrogens is 5. The lowest BCUT2D eigenvalue weighted by Crippen LogP contribution is -2.30. The van der Waals surface area contributed by atoms with E-state index in [1.54, 1.807) is 9.36 Å². The van der Waals surface area contributed by atoms with Gasteiger partial charge in [0.1, 0.15) is 11.3 Å². The molecule has 8 heteroatoms. The average Bonchev–Trinajstić information content (AvgIpc) is 3.40. The molecular weight excluding hydrogens is 404 g/mol. The van der Waals surface area contributed by atoms with Crippen molar-refractivity contribution in [3.05, 3.63) is 64.5 Å². The minimum atomic E-state index is -0.274. The summed E-state index contributed by atoms with van der Waals surface area (Å²) < 4.78 is 9.27. The molecule has 32 heavy (non-hydrogen) atoms. The minimum absolute atomic E-state index is 0.103. The molecule has 1 amide bonds. The monoisotopic (exact) mass is 430 g/mol. The van der Waals surface area contributed by atoms with E-state index in [0.717, 1.165) is 51.3 Å². The van der Waals surface area contributed by atoms with Crippen LogP contribution < -0.4 is 9.64 Å². The van der Waals surface area contributed by atoms with Crippen molar-refractivity contribution in [2.24, 2.45) is 14.1 Å². The van der Waals surface area contributed by atoms with E-state index < -0.39 is 0 Å². The Morgan fingerprint density at radius 2 is 1.81 bits per heavy atom. The third-order valence-corrected chi connectivity index (χ3v) is 6.17. The second kappa shape index (κ2) is 7.47. The number of aryl methyl sites for hydroxylation is 3. The summed E-state index contributed by atoms with van der Waals surface area (Å²) in [7, 11) is 3.73. The van der Waals surface area contributed by atoms with Crippen molar-refractivity contribution in [1.82, 2.24) is 24.8 Å². The number of amides is 1. The maximum absolute atomic E-state index is 13.6. The lowest BCUT2D eigenvalue weighted by Gasteiger charge is -2.27. The number of hydrogen-bond donors (Lipinski definition) is 0. The molecular formula is C24H26N6O2. The van der Waals surface area contributed by atoms with Crippen LogP contribution in [0.15, 0.2) is 36.4 Å². The Morgan fingerprint density at radius 3 is 2.53 bits per heavy atom. The summed E-state index contributed by atoms with van der Waals surface area (Å²) in [5, 5.41) is 12.9. The van der Waals surface area contributed by atoms with E-state index >= 15 is 0 Å².